The summed E-state index contributed by atoms with van der Waals surface area (Å²) >= 11 is 0. The van der Waals surface area contributed by atoms with Gasteiger partial charge in [-0.2, -0.15) is 0 Å². The molecule has 0 spiro atoms. The van der Waals surface area contributed by atoms with Crippen molar-refractivity contribution in [1.82, 2.24) is 14.5 Å². The Kier molecular flexibility index (Phi) is 7.47. The van der Waals surface area contributed by atoms with Gasteiger partial charge in [0.25, 0.3) is 0 Å². The molecule has 0 unspecified atom stereocenters. The predicted octanol–water partition coefficient (Wildman–Crippen LogP) is 14.5. The first-order valence-electron chi connectivity index (χ1n) is 19.9. The number of benzene rings is 9. The zero-order valence-electron chi connectivity index (χ0n) is 31.8. The Morgan fingerprint density at radius 3 is 1.97 bits per heavy atom. The van der Waals surface area contributed by atoms with E-state index in [0.29, 0.717) is 5.95 Å². The molecule has 11 aromatic rings. The van der Waals surface area contributed by atoms with Crippen LogP contribution >= 0.6 is 0 Å². The van der Waals surface area contributed by atoms with Crippen LogP contribution in [0, 0.1) is 0 Å². The number of rotatable bonds is 5. The summed E-state index contributed by atoms with van der Waals surface area (Å²) in [5.41, 5.74) is 12.5. The Labute approximate surface area is 340 Å². The van der Waals surface area contributed by atoms with E-state index in [-0.39, 0.29) is 0 Å². The Morgan fingerprint density at radius 1 is 0.424 bits per heavy atom. The third-order valence-electron chi connectivity index (χ3n) is 11.6. The molecule has 59 heavy (non-hydrogen) atoms. The molecule has 5 heteroatoms. The molecule has 0 radical (unpaired) electrons. The van der Waals surface area contributed by atoms with Gasteiger partial charge in [-0.1, -0.05) is 158 Å². The number of nitrogens with zero attached hydrogens (tertiary/aromatic N) is 4. The van der Waals surface area contributed by atoms with Crippen molar-refractivity contribution in [2.24, 2.45) is 0 Å². The summed E-state index contributed by atoms with van der Waals surface area (Å²) in [6.45, 7) is 0. The molecule has 0 bridgehead atoms. The van der Waals surface area contributed by atoms with Crippen LogP contribution in [0.1, 0.15) is 0 Å². The van der Waals surface area contributed by atoms with Crippen molar-refractivity contribution in [2.75, 3.05) is 4.90 Å². The molecule has 0 atom stereocenters. The number of hydrogen-bond donors (Lipinski definition) is 0. The van der Waals surface area contributed by atoms with Gasteiger partial charge < -0.3 is 9.64 Å². The fourth-order valence-corrected chi connectivity index (χ4v) is 8.89. The van der Waals surface area contributed by atoms with Crippen molar-refractivity contribution in [1.29, 1.82) is 0 Å². The lowest BCUT2D eigenvalue weighted by Crippen LogP contribution is -2.15. The number of anilines is 3. The van der Waals surface area contributed by atoms with Gasteiger partial charge in [-0.3, -0.25) is 4.57 Å². The minimum absolute atomic E-state index is 0.641. The van der Waals surface area contributed by atoms with E-state index in [4.69, 9.17) is 14.7 Å². The zero-order valence-corrected chi connectivity index (χ0v) is 31.8. The highest BCUT2D eigenvalue weighted by molar-refractivity contribution is 6.23. The van der Waals surface area contributed by atoms with Crippen LogP contribution in [0.3, 0.4) is 0 Å². The first-order chi connectivity index (χ1) is 29.3. The van der Waals surface area contributed by atoms with Crippen LogP contribution in [-0.2, 0) is 0 Å². The monoisotopic (exact) mass is 754 g/mol. The Bertz CT molecular complexity index is 3410. The molecule has 1 aliphatic heterocycles. The second kappa shape index (κ2) is 13.3. The molecule has 12 rings (SSSR count). The molecule has 0 amide bonds. The molecule has 0 saturated carbocycles. The SMILES string of the molecule is c1ccc(-c2nc(-n3c4ccc5ccccc5c4c4cccc(-c5ccc(-c6ccc7c(c6)Oc6ccccc6N7c6ccccc6)cc5)c43)nc3ccccc23)cc1. The topological polar surface area (TPSA) is 43.2 Å². The average molecular weight is 755 g/mol. The van der Waals surface area contributed by atoms with Gasteiger partial charge in [-0.15, -0.1) is 0 Å². The van der Waals surface area contributed by atoms with Gasteiger partial charge in [0.2, 0.25) is 5.95 Å². The van der Waals surface area contributed by atoms with Crippen molar-refractivity contribution < 1.29 is 4.74 Å². The van der Waals surface area contributed by atoms with Crippen LogP contribution in [0.4, 0.5) is 17.1 Å². The van der Waals surface area contributed by atoms with Gasteiger partial charge in [0.05, 0.1) is 33.6 Å². The minimum atomic E-state index is 0.641. The van der Waals surface area contributed by atoms with Crippen molar-refractivity contribution in [2.45, 2.75) is 0 Å². The van der Waals surface area contributed by atoms with E-state index in [1.54, 1.807) is 0 Å². The van der Waals surface area contributed by atoms with Crippen molar-refractivity contribution in [3.63, 3.8) is 0 Å². The molecule has 3 heterocycles. The van der Waals surface area contributed by atoms with E-state index in [9.17, 15) is 0 Å². The van der Waals surface area contributed by atoms with Crippen LogP contribution in [0.15, 0.2) is 206 Å². The Balaban J connectivity index is 1.03. The first kappa shape index (κ1) is 33.2. The lowest BCUT2D eigenvalue weighted by atomic mass is 9.97. The van der Waals surface area contributed by atoms with E-state index in [1.165, 1.54) is 16.2 Å². The molecular weight excluding hydrogens is 721 g/mol. The molecule has 0 saturated heterocycles. The number of aromatic nitrogens is 3. The summed E-state index contributed by atoms with van der Waals surface area (Å²) in [4.78, 5) is 12.9. The molecule has 5 nitrogen and oxygen atoms in total. The number of fused-ring (bicyclic) bond motifs is 8. The van der Waals surface area contributed by atoms with E-state index >= 15 is 0 Å². The third-order valence-corrected chi connectivity index (χ3v) is 11.6. The smallest absolute Gasteiger partial charge is 0.235 e. The normalized spacial score (nSPS) is 12.2. The summed E-state index contributed by atoms with van der Waals surface area (Å²) in [6, 6.07) is 72.5. The van der Waals surface area contributed by atoms with Gasteiger partial charge in [0.15, 0.2) is 11.5 Å². The summed E-state index contributed by atoms with van der Waals surface area (Å²) in [5.74, 6) is 2.29. The van der Waals surface area contributed by atoms with Gasteiger partial charge >= 0.3 is 0 Å². The predicted molar refractivity (Wildman–Crippen MR) is 242 cm³/mol. The molecule has 2 aromatic heterocycles. The Hall–Kier alpha value is -8.02. The third kappa shape index (κ3) is 5.33. The highest BCUT2D eigenvalue weighted by Crippen LogP contribution is 2.51. The molecule has 0 aliphatic carbocycles. The zero-order chi connectivity index (χ0) is 38.9. The lowest BCUT2D eigenvalue weighted by molar-refractivity contribution is 0.477. The fourth-order valence-electron chi connectivity index (χ4n) is 8.89. The maximum Gasteiger partial charge on any atom is 0.235 e. The standard InChI is InChI=1S/C54H34N4O/c1-3-15-38(16-4-1)52-43-20-9-10-23-45(43)55-54(56-52)58-48-33-30-36-14-7-8-19-41(36)51(48)44-22-13-21-42(53(44)58)37-28-26-35(27-29-37)39-31-32-47-50(34-39)59-49-25-12-11-24-46(49)57(47)40-17-5-2-6-18-40/h1-34H. The highest BCUT2D eigenvalue weighted by Gasteiger charge is 2.26. The van der Waals surface area contributed by atoms with Gasteiger partial charge in [-0.05, 0) is 76.0 Å². The lowest BCUT2D eigenvalue weighted by Gasteiger charge is -2.33. The largest absolute Gasteiger partial charge is 0.453 e. The summed E-state index contributed by atoms with van der Waals surface area (Å²) in [6.07, 6.45) is 0. The van der Waals surface area contributed by atoms with E-state index in [2.05, 4.69) is 185 Å². The molecule has 0 fully saturated rings. The fraction of sp³-hybridized carbons (Fsp3) is 0. The second-order valence-corrected chi connectivity index (χ2v) is 15.0. The molecular formula is C54H34N4O. The van der Waals surface area contributed by atoms with Crippen LogP contribution in [0.5, 0.6) is 11.5 Å². The van der Waals surface area contributed by atoms with Crippen molar-refractivity contribution in [3.8, 4) is 51.0 Å². The molecule has 0 N–H and O–H groups in total. The average Bonchev–Trinajstić information content (AvgIpc) is 3.66. The molecule has 276 valence electrons. The van der Waals surface area contributed by atoms with E-state index < -0.39 is 0 Å². The number of ether oxygens (including phenoxy) is 1. The van der Waals surface area contributed by atoms with E-state index in [0.717, 1.165) is 89.4 Å². The first-order valence-corrected chi connectivity index (χ1v) is 19.9. The Morgan fingerprint density at radius 2 is 1.10 bits per heavy atom. The minimum Gasteiger partial charge on any atom is -0.453 e. The molecule has 1 aliphatic rings. The summed E-state index contributed by atoms with van der Waals surface area (Å²) in [5, 5.41) is 5.77. The summed E-state index contributed by atoms with van der Waals surface area (Å²) < 4.78 is 8.83. The van der Waals surface area contributed by atoms with Gasteiger partial charge in [0.1, 0.15) is 0 Å². The van der Waals surface area contributed by atoms with Crippen molar-refractivity contribution >= 4 is 60.5 Å². The quantitative estimate of drug-likeness (QED) is 0.175. The second-order valence-electron chi connectivity index (χ2n) is 15.0. The summed E-state index contributed by atoms with van der Waals surface area (Å²) in [7, 11) is 0. The van der Waals surface area contributed by atoms with Crippen LogP contribution in [0.2, 0.25) is 0 Å². The van der Waals surface area contributed by atoms with Crippen LogP contribution in [-0.4, -0.2) is 14.5 Å². The van der Waals surface area contributed by atoms with Gasteiger partial charge in [-0.25, -0.2) is 9.97 Å². The number of hydrogen-bond acceptors (Lipinski definition) is 4. The maximum absolute atomic E-state index is 6.55. The van der Waals surface area contributed by atoms with Crippen LogP contribution < -0.4 is 9.64 Å². The highest BCUT2D eigenvalue weighted by atomic mass is 16.5. The maximum atomic E-state index is 6.55. The van der Waals surface area contributed by atoms with Crippen molar-refractivity contribution in [3.05, 3.63) is 206 Å². The van der Waals surface area contributed by atoms with Gasteiger partial charge in [0, 0.05) is 33.0 Å². The number of para-hydroxylation sites is 5. The van der Waals surface area contributed by atoms with E-state index in [1.807, 2.05) is 30.3 Å². The van der Waals surface area contributed by atoms with Crippen LogP contribution in [0.25, 0.3) is 82.9 Å². The molecule has 9 aromatic carbocycles.